The monoisotopic (exact) mass is 278 g/mol. The molecule has 0 heterocycles. The van der Waals surface area contributed by atoms with Crippen LogP contribution in [0.25, 0.3) is 0 Å². The van der Waals surface area contributed by atoms with Crippen molar-refractivity contribution in [3.8, 4) is 5.75 Å². The van der Waals surface area contributed by atoms with Crippen LogP contribution in [0.2, 0.25) is 0 Å². The molecule has 0 aliphatic heterocycles. The van der Waals surface area contributed by atoms with Crippen LogP contribution in [0.15, 0.2) is 24.3 Å². The van der Waals surface area contributed by atoms with Gasteiger partial charge in [-0.1, -0.05) is 25.5 Å². The van der Waals surface area contributed by atoms with E-state index in [0.717, 1.165) is 31.9 Å². The Morgan fingerprint density at radius 1 is 1.15 bits per heavy atom. The maximum Gasteiger partial charge on any atom is 0.119 e. The highest BCUT2D eigenvalue weighted by Gasteiger charge is 2.19. The minimum Gasteiger partial charge on any atom is -0.494 e. The molecule has 0 aliphatic carbocycles. The topological polar surface area (TPSA) is 24.5 Å². The third-order valence-corrected chi connectivity index (χ3v) is 3.79. The second-order valence-electron chi connectivity index (χ2n) is 6.16. The summed E-state index contributed by atoms with van der Waals surface area (Å²) >= 11 is 0. The van der Waals surface area contributed by atoms with Crippen LogP contribution in [0.1, 0.15) is 39.2 Å². The zero-order chi connectivity index (χ0) is 15.0. The van der Waals surface area contributed by atoms with Crippen LogP contribution in [0.3, 0.4) is 0 Å². The summed E-state index contributed by atoms with van der Waals surface area (Å²) in [6, 6.07) is 8.39. The Kier molecular flexibility index (Phi) is 7.03. The van der Waals surface area contributed by atoms with Gasteiger partial charge in [0.05, 0.1) is 6.61 Å². The average Bonchev–Trinajstić information content (AvgIpc) is 2.40. The molecule has 0 aromatic heterocycles. The lowest BCUT2D eigenvalue weighted by atomic mass is 10.0. The van der Waals surface area contributed by atoms with E-state index in [2.05, 4.69) is 69.3 Å². The Hall–Kier alpha value is -1.06. The van der Waals surface area contributed by atoms with E-state index in [1.165, 1.54) is 12.0 Å². The van der Waals surface area contributed by atoms with Gasteiger partial charge in [-0.15, -0.1) is 0 Å². The van der Waals surface area contributed by atoms with Crippen LogP contribution < -0.4 is 10.1 Å². The molecule has 0 spiro atoms. The van der Waals surface area contributed by atoms with E-state index >= 15 is 0 Å². The van der Waals surface area contributed by atoms with Crippen molar-refractivity contribution >= 4 is 0 Å². The van der Waals surface area contributed by atoms with Gasteiger partial charge >= 0.3 is 0 Å². The lowest BCUT2D eigenvalue weighted by molar-refractivity contribution is 0.190. The summed E-state index contributed by atoms with van der Waals surface area (Å²) in [5.74, 6) is 0.968. The summed E-state index contributed by atoms with van der Waals surface area (Å²) in [6.45, 7) is 9.33. The van der Waals surface area contributed by atoms with E-state index in [1.54, 1.807) is 0 Å². The fraction of sp³-hybridized carbons (Fsp3) is 0.647. The zero-order valence-corrected chi connectivity index (χ0v) is 13.7. The molecule has 0 amide bonds. The van der Waals surface area contributed by atoms with Gasteiger partial charge in [0.15, 0.2) is 0 Å². The first-order valence-corrected chi connectivity index (χ1v) is 7.55. The Labute approximate surface area is 124 Å². The van der Waals surface area contributed by atoms with Crippen LogP contribution in [0.5, 0.6) is 5.75 Å². The second kappa shape index (κ2) is 8.28. The zero-order valence-electron chi connectivity index (χ0n) is 13.7. The van der Waals surface area contributed by atoms with Gasteiger partial charge in [0.25, 0.3) is 0 Å². The van der Waals surface area contributed by atoms with Gasteiger partial charge in [0.2, 0.25) is 0 Å². The van der Waals surface area contributed by atoms with Crippen molar-refractivity contribution in [2.75, 3.05) is 27.2 Å². The smallest absolute Gasteiger partial charge is 0.119 e. The van der Waals surface area contributed by atoms with Gasteiger partial charge in [-0.05, 0) is 52.1 Å². The first-order chi connectivity index (χ1) is 9.45. The predicted molar refractivity (Wildman–Crippen MR) is 86.3 cm³/mol. The van der Waals surface area contributed by atoms with Gasteiger partial charge in [0, 0.05) is 18.6 Å². The van der Waals surface area contributed by atoms with Gasteiger partial charge in [0.1, 0.15) is 5.75 Å². The van der Waals surface area contributed by atoms with Crippen LogP contribution in [0, 0.1) is 0 Å². The van der Waals surface area contributed by atoms with Crippen molar-refractivity contribution in [2.24, 2.45) is 0 Å². The van der Waals surface area contributed by atoms with Crippen molar-refractivity contribution in [3.63, 3.8) is 0 Å². The van der Waals surface area contributed by atoms with Crippen molar-refractivity contribution in [2.45, 2.75) is 45.7 Å². The lowest BCUT2D eigenvalue weighted by Gasteiger charge is -2.32. The summed E-state index contributed by atoms with van der Waals surface area (Å²) in [4.78, 5) is 2.24. The SMILES string of the molecule is CCCCOc1ccc(CNCC(C)(C)N(C)C)cc1. The second-order valence-corrected chi connectivity index (χ2v) is 6.16. The molecule has 0 aliphatic rings. The fourth-order valence-corrected chi connectivity index (χ4v) is 1.71. The van der Waals surface area contributed by atoms with Crippen LogP contribution in [-0.2, 0) is 6.54 Å². The van der Waals surface area contributed by atoms with Crippen molar-refractivity contribution < 1.29 is 4.74 Å². The number of unbranched alkanes of at least 4 members (excludes halogenated alkanes) is 1. The molecule has 0 fully saturated rings. The average molecular weight is 278 g/mol. The van der Waals surface area contributed by atoms with Gasteiger partial charge in [-0.2, -0.15) is 0 Å². The molecule has 0 unspecified atom stereocenters. The van der Waals surface area contributed by atoms with E-state index in [0.29, 0.717) is 0 Å². The quantitative estimate of drug-likeness (QED) is 0.702. The Morgan fingerprint density at radius 2 is 1.80 bits per heavy atom. The minimum absolute atomic E-state index is 0.170. The van der Waals surface area contributed by atoms with Crippen LogP contribution in [0.4, 0.5) is 0 Å². The molecule has 1 N–H and O–H groups in total. The molecule has 0 atom stereocenters. The molecule has 1 aromatic rings. The van der Waals surface area contributed by atoms with E-state index < -0.39 is 0 Å². The van der Waals surface area contributed by atoms with E-state index in [-0.39, 0.29) is 5.54 Å². The number of hydrogen-bond acceptors (Lipinski definition) is 3. The van der Waals surface area contributed by atoms with Crippen molar-refractivity contribution in [3.05, 3.63) is 29.8 Å². The lowest BCUT2D eigenvalue weighted by Crippen LogP contribution is -2.46. The fourth-order valence-electron chi connectivity index (χ4n) is 1.71. The summed E-state index contributed by atoms with van der Waals surface area (Å²) in [5, 5.41) is 3.51. The number of likely N-dealkylation sites (N-methyl/N-ethyl adjacent to an activating group) is 1. The molecule has 0 saturated heterocycles. The molecule has 1 aromatic carbocycles. The Morgan fingerprint density at radius 3 is 2.35 bits per heavy atom. The number of hydrogen-bond donors (Lipinski definition) is 1. The maximum atomic E-state index is 5.66. The molecule has 0 saturated carbocycles. The van der Waals surface area contributed by atoms with Crippen LogP contribution in [-0.4, -0.2) is 37.7 Å². The number of nitrogens with zero attached hydrogens (tertiary/aromatic N) is 1. The standard InChI is InChI=1S/C17H30N2O/c1-6-7-12-20-16-10-8-15(9-11-16)13-18-14-17(2,3)19(4)5/h8-11,18H,6-7,12-14H2,1-5H3. The molecule has 0 radical (unpaired) electrons. The molecule has 3 nitrogen and oxygen atoms in total. The third kappa shape index (κ3) is 5.93. The van der Waals surface area contributed by atoms with Crippen molar-refractivity contribution in [1.82, 2.24) is 10.2 Å². The number of ether oxygens (including phenoxy) is 1. The normalized spacial score (nSPS) is 11.9. The molecule has 114 valence electrons. The largest absolute Gasteiger partial charge is 0.494 e. The molecular weight excluding hydrogens is 248 g/mol. The number of benzene rings is 1. The van der Waals surface area contributed by atoms with E-state index in [4.69, 9.17) is 4.74 Å². The third-order valence-electron chi connectivity index (χ3n) is 3.79. The van der Waals surface area contributed by atoms with E-state index in [9.17, 15) is 0 Å². The van der Waals surface area contributed by atoms with Gasteiger partial charge in [-0.25, -0.2) is 0 Å². The highest BCUT2D eigenvalue weighted by molar-refractivity contribution is 5.27. The summed E-state index contributed by atoms with van der Waals surface area (Å²) in [6.07, 6.45) is 2.28. The maximum absolute atomic E-state index is 5.66. The van der Waals surface area contributed by atoms with E-state index in [1.807, 2.05) is 0 Å². The summed E-state index contributed by atoms with van der Waals surface area (Å²) in [7, 11) is 4.23. The minimum atomic E-state index is 0.170. The Bertz CT molecular complexity index is 371. The molecule has 3 heteroatoms. The highest BCUT2D eigenvalue weighted by atomic mass is 16.5. The van der Waals surface area contributed by atoms with Crippen molar-refractivity contribution in [1.29, 1.82) is 0 Å². The number of nitrogens with one attached hydrogen (secondary N) is 1. The first kappa shape index (κ1) is 17.0. The molecular formula is C17H30N2O. The summed E-state index contributed by atoms with van der Waals surface area (Å²) < 4.78 is 5.66. The first-order valence-electron chi connectivity index (χ1n) is 7.55. The Balaban J connectivity index is 2.35. The predicted octanol–water partition coefficient (Wildman–Crippen LogP) is 3.30. The summed E-state index contributed by atoms with van der Waals surface area (Å²) in [5.41, 5.74) is 1.46. The highest BCUT2D eigenvalue weighted by Crippen LogP contribution is 2.13. The number of rotatable bonds is 9. The van der Waals surface area contributed by atoms with Gasteiger partial charge < -0.3 is 15.0 Å². The molecule has 1 rings (SSSR count). The van der Waals surface area contributed by atoms with Gasteiger partial charge in [-0.3, -0.25) is 0 Å². The van der Waals surface area contributed by atoms with Crippen LogP contribution >= 0.6 is 0 Å². The molecule has 0 bridgehead atoms. The molecule has 20 heavy (non-hydrogen) atoms.